The van der Waals surface area contributed by atoms with Crippen LogP contribution in [-0.2, 0) is 61.8 Å². The van der Waals surface area contributed by atoms with Crippen LogP contribution in [0.3, 0.4) is 0 Å². The maximum atomic E-state index is 12.2. The summed E-state index contributed by atoms with van der Waals surface area (Å²) >= 11 is 0. The van der Waals surface area contributed by atoms with E-state index in [0.717, 1.165) is 6.42 Å². The van der Waals surface area contributed by atoms with Gasteiger partial charge in [0.15, 0.2) is 5.78 Å². The Morgan fingerprint density at radius 1 is 0.500 bits per heavy atom. The summed E-state index contributed by atoms with van der Waals surface area (Å²) in [5.41, 5.74) is 0. The maximum Gasteiger partial charge on any atom is 0.305 e. The topological polar surface area (TPSA) is 196 Å². The number of carbonyl (C=O) groups excluding carboxylic acids is 3. The molecule has 0 rings (SSSR count). The molecule has 0 aliphatic rings. The molecule has 16 heteroatoms. The van der Waals surface area contributed by atoms with Crippen molar-refractivity contribution in [2.75, 3.05) is 125 Å². The third kappa shape index (κ3) is 35.5. The summed E-state index contributed by atoms with van der Waals surface area (Å²) in [4.78, 5) is 46.8. The average Bonchev–Trinajstić information content (AvgIpc) is 3.09. The third-order valence-corrected chi connectivity index (χ3v) is 6.69. The minimum absolute atomic E-state index is 0.0117. The Bertz CT molecular complexity index is 834. The zero-order valence-corrected chi connectivity index (χ0v) is 30.6. The Hall–Kier alpha value is -2.28. The van der Waals surface area contributed by atoms with E-state index in [1.165, 1.54) is 0 Å². The molecule has 16 nitrogen and oxygen atoms in total. The Kier molecular flexibility index (Phi) is 34.8. The molecule has 0 aliphatic carbocycles. The number of Topliss-reactive ketones (excluding diaryl/α,β-unsaturated/α-hetero) is 1. The average molecular weight is 725 g/mol. The molecule has 50 heavy (non-hydrogen) atoms. The summed E-state index contributed by atoms with van der Waals surface area (Å²) in [7, 11) is 0. The minimum Gasteiger partial charge on any atom is -0.481 e. The van der Waals surface area contributed by atoms with Crippen LogP contribution in [0.25, 0.3) is 0 Å². The number of aliphatic carboxylic acids is 1. The SMILES string of the molecule is CCC(=O)[C@@H](CCC(=O)NCCOCCOCCOCCOCCOCCOCCOCCOCCOCCC(=O)O)NC(=O)CCC(C)C. The number of nitrogens with one attached hydrogen (secondary N) is 2. The number of rotatable bonds is 39. The molecule has 1 atom stereocenters. The lowest BCUT2D eigenvalue weighted by Gasteiger charge is -2.17. The molecule has 0 aliphatic heterocycles. The van der Waals surface area contributed by atoms with Crippen molar-refractivity contribution in [3.8, 4) is 0 Å². The fraction of sp³-hybridized carbons (Fsp3) is 0.882. The molecule has 2 amide bonds. The first-order valence-corrected chi connectivity index (χ1v) is 17.8. The first kappa shape index (κ1) is 47.7. The third-order valence-electron chi connectivity index (χ3n) is 6.69. The molecule has 0 saturated carbocycles. The van der Waals surface area contributed by atoms with Gasteiger partial charge in [0.2, 0.25) is 11.8 Å². The molecule has 0 radical (unpaired) electrons. The second-order valence-corrected chi connectivity index (χ2v) is 11.4. The quantitative estimate of drug-likeness (QED) is 0.0770. The molecular formula is C34H64N2O14. The van der Waals surface area contributed by atoms with Crippen LogP contribution in [0.2, 0.25) is 0 Å². The van der Waals surface area contributed by atoms with Crippen LogP contribution in [0.15, 0.2) is 0 Å². The lowest BCUT2D eigenvalue weighted by atomic mass is 10.0. The van der Waals surface area contributed by atoms with Crippen molar-refractivity contribution in [2.45, 2.75) is 65.3 Å². The molecule has 3 N–H and O–H groups in total. The lowest BCUT2D eigenvalue weighted by Crippen LogP contribution is -2.41. The number of hydrogen-bond donors (Lipinski definition) is 3. The summed E-state index contributed by atoms with van der Waals surface area (Å²) in [5, 5.41) is 14.0. The van der Waals surface area contributed by atoms with Gasteiger partial charge in [-0.05, 0) is 18.8 Å². The summed E-state index contributed by atoms with van der Waals surface area (Å²) in [5.74, 6) is -0.900. The molecule has 0 heterocycles. The summed E-state index contributed by atoms with van der Waals surface area (Å²) < 4.78 is 48.5. The van der Waals surface area contributed by atoms with E-state index in [0.29, 0.717) is 138 Å². The number of ketones is 1. The van der Waals surface area contributed by atoms with Crippen molar-refractivity contribution in [2.24, 2.45) is 5.92 Å². The maximum absolute atomic E-state index is 12.2. The molecule has 294 valence electrons. The van der Waals surface area contributed by atoms with Gasteiger partial charge in [0.1, 0.15) is 0 Å². The zero-order chi connectivity index (χ0) is 36.9. The van der Waals surface area contributed by atoms with E-state index in [9.17, 15) is 19.2 Å². The molecule has 0 aromatic rings. The highest BCUT2D eigenvalue weighted by Gasteiger charge is 2.20. The standard InChI is InChI=1S/C34H64N2O14/c1-4-31(37)30(36-33(39)7-5-29(2)3)6-8-32(38)35-10-12-43-14-16-45-18-20-47-22-24-49-26-28-50-27-25-48-23-21-46-19-17-44-15-13-42-11-9-34(40)41/h29-30H,4-28H2,1-3H3,(H,35,38)(H,36,39)(H,40,41)/t30-/m1/s1. The summed E-state index contributed by atoms with van der Waals surface area (Å²) in [6.45, 7) is 13.7. The van der Waals surface area contributed by atoms with Crippen LogP contribution in [0.5, 0.6) is 0 Å². The van der Waals surface area contributed by atoms with Gasteiger partial charge >= 0.3 is 5.97 Å². The van der Waals surface area contributed by atoms with Gasteiger partial charge in [-0.2, -0.15) is 0 Å². The fourth-order valence-electron chi connectivity index (χ4n) is 3.89. The number of carboxylic acid groups (broad SMARTS) is 1. The van der Waals surface area contributed by atoms with E-state index in [2.05, 4.69) is 10.6 Å². The Balaban J connectivity index is 3.38. The number of amides is 2. The van der Waals surface area contributed by atoms with E-state index >= 15 is 0 Å². The second-order valence-electron chi connectivity index (χ2n) is 11.4. The first-order valence-electron chi connectivity index (χ1n) is 17.8. The smallest absolute Gasteiger partial charge is 0.305 e. The molecular weight excluding hydrogens is 660 g/mol. The Morgan fingerprint density at radius 2 is 0.860 bits per heavy atom. The van der Waals surface area contributed by atoms with Crippen molar-refractivity contribution < 1.29 is 66.9 Å². The Morgan fingerprint density at radius 3 is 1.22 bits per heavy atom. The van der Waals surface area contributed by atoms with Crippen molar-refractivity contribution in [1.29, 1.82) is 0 Å². The van der Waals surface area contributed by atoms with Crippen LogP contribution >= 0.6 is 0 Å². The van der Waals surface area contributed by atoms with E-state index in [4.69, 9.17) is 47.7 Å². The molecule has 0 spiro atoms. The van der Waals surface area contributed by atoms with E-state index < -0.39 is 12.0 Å². The zero-order valence-electron chi connectivity index (χ0n) is 30.6. The molecule has 0 saturated heterocycles. The van der Waals surface area contributed by atoms with Crippen molar-refractivity contribution in [3.05, 3.63) is 0 Å². The summed E-state index contributed by atoms with van der Waals surface area (Å²) in [6.07, 6.45) is 1.84. The summed E-state index contributed by atoms with van der Waals surface area (Å²) in [6, 6.07) is -0.636. The lowest BCUT2D eigenvalue weighted by molar-refractivity contribution is -0.138. The van der Waals surface area contributed by atoms with Gasteiger partial charge in [-0.25, -0.2) is 0 Å². The minimum atomic E-state index is -0.882. The highest BCUT2D eigenvalue weighted by atomic mass is 16.6. The fourth-order valence-corrected chi connectivity index (χ4v) is 3.89. The number of ether oxygens (including phenoxy) is 9. The van der Waals surface area contributed by atoms with Crippen LogP contribution in [0, 0.1) is 5.92 Å². The number of carboxylic acids is 1. The molecule has 0 unspecified atom stereocenters. The van der Waals surface area contributed by atoms with Gasteiger partial charge in [0.25, 0.3) is 0 Å². The van der Waals surface area contributed by atoms with E-state index in [1.807, 2.05) is 13.8 Å². The van der Waals surface area contributed by atoms with Crippen molar-refractivity contribution >= 4 is 23.6 Å². The predicted octanol–water partition coefficient (Wildman–Crippen LogP) is 1.41. The van der Waals surface area contributed by atoms with Crippen LogP contribution < -0.4 is 10.6 Å². The largest absolute Gasteiger partial charge is 0.481 e. The predicted molar refractivity (Wildman–Crippen MR) is 183 cm³/mol. The van der Waals surface area contributed by atoms with Crippen LogP contribution in [0.4, 0.5) is 0 Å². The molecule has 0 aromatic heterocycles. The normalized spacial score (nSPS) is 11.9. The van der Waals surface area contributed by atoms with Gasteiger partial charge in [-0.3, -0.25) is 19.2 Å². The number of carbonyl (C=O) groups is 4. The van der Waals surface area contributed by atoms with Crippen LogP contribution in [0.1, 0.15) is 59.3 Å². The van der Waals surface area contributed by atoms with E-state index in [-0.39, 0.29) is 43.5 Å². The molecule has 0 aromatic carbocycles. The van der Waals surface area contributed by atoms with Gasteiger partial charge in [0.05, 0.1) is 131 Å². The van der Waals surface area contributed by atoms with Crippen molar-refractivity contribution in [3.63, 3.8) is 0 Å². The second kappa shape index (κ2) is 36.5. The first-order chi connectivity index (χ1) is 24.3. The molecule has 0 bridgehead atoms. The monoisotopic (exact) mass is 724 g/mol. The number of hydrogen-bond acceptors (Lipinski definition) is 13. The highest BCUT2D eigenvalue weighted by molar-refractivity contribution is 5.89. The van der Waals surface area contributed by atoms with Crippen molar-refractivity contribution in [1.82, 2.24) is 10.6 Å². The van der Waals surface area contributed by atoms with Gasteiger partial charge in [-0.15, -0.1) is 0 Å². The van der Waals surface area contributed by atoms with Gasteiger partial charge in [-0.1, -0.05) is 20.8 Å². The highest BCUT2D eigenvalue weighted by Crippen LogP contribution is 2.06. The Labute approximate surface area is 297 Å². The molecule has 0 fully saturated rings. The van der Waals surface area contributed by atoms with Gasteiger partial charge < -0.3 is 58.4 Å². The van der Waals surface area contributed by atoms with Crippen LogP contribution in [-0.4, -0.2) is 160 Å². The van der Waals surface area contributed by atoms with Gasteiger partial charge in [0, 0.05) is 25.8 Å². The van der Waals surface area contributed by atoms with E-state index in [1.54, 1.807) is 6.92 Å².